The van der Waals surface area contributed by atoms with E-state index >= 15 is 0 Å². The molecule has 0 amide bonds. The molecule has 0 aliphatic carbocycles. The summed E-state index contributed by atoms with van der Waals surface area (Å²) in [6, 6.07) is 16.6. The maximum atomic E-state index is 11.1. The zero-order valence-electron chi connectivity index (χ0n) is 15.2. The zero-order valence-corrected chi connectivity index (χ0v) is 19.0. The van der Waals surface area contributed by atoms with Crippen LogP contribution in [0.2, 0.25) is 0 Å². The number of aryl methyl sites for hydroxylation is 1. The molecule has 0 aliphatic heterocycles. The molecular weight excluding hydrogens is 406 g/mol. The molecule has 0 aliphatic rings. The summed E-state index contributed by atoms with van der Waals surface area (Å²) in [5.74, 6) is 1.40. The third-order valence-corrected chi connectivity index (χ3v) is 4.92. The number of benzene rings is 2. The van der Waals surface area contributed by atoms with Gasteiger partial charge in [-0.3, -0.25) is 4.55 Å². The van der Waals surface area contributed by atoms with Crippen LogP contribution in [-0.4, -0.2) is 23.3 Å². The molecule has 0 spiro atoms. The van der Waals surface area contributed by atoms with Gasteiger partial charge in [-0.2, -0.15) is 8.42 Å². The quantitative estimate of drug-likeness (QED) is 0.347. The van der Waals surface area contributed by atoms with Gasteiger partial charge in [-0.1, -0.05) is 34.9 Å². The molecule has 0 aromatic heterocycles. The average Bonchev–Trinajstić information content (AvgIpc) is 2.55. The minimum absolute atomic E-state index is 0. The molecular formula is C16H19KO7PS+. The van der Waals surface area contributed by atoms with Crippen molar-refractivity contribution in [2.75, 3.05) is 0 Å². The van der Waals surface area contributed by atoms with Crippen molar-refractivity contribution >= 4 is 18.4 Å². The number of ether oxygens (including phenoxy) is 1. The molecule has 136 valence electrons. The summed E-state index contributed by atoms with van der Waals surface area (Å²) < 4.78 is 51.8. The number of hydrogen-bond donors (Lipinski definition) is 2. The number of para-hydroxylation sites is 1. The predicted octanol–water partition coefficient (Wildman–Crippen LogP) is 0.798. The predicted molar refractivity (Wildman–Crippen MR) is 93.3 cm³/mol. The van der Waals surface area contributed by atoms with Crippen LogP contribution >= 0.6 is 8.25 Å². The van der Waals surface area contributed by atoms with Gasteiger partial charge in [0.2, 0.25) is 5.44 Å². The van der Waals surface area contributed by atoms with E-state index in [0.717, 1.165) is 11.3 Å². The van der Waals surface area contributed by atoms with Crippen LogP contribution in [0.15, 0.2) is 54.6 Å². The largest absolute Gasteiger partial charge is 1.00 e. The van der Waals surface area contributed by atoms with Gasteiger partial charge in [-0.15, -0.1) is 4.89 Å². The van der Waals surface area contributed by atoms with E-state index in [1.54, 1.807) is 12.1 Å². The summed E-state index contributed by atoms with van der Waals surface area (Å²) in [6.07, 6.45) is 0.776. The molecule has 2 atom stereocenters. The van der Waals surface area contributed by atoms with Crippen LogP contribution in [0.25, 0.3) is 0 Å². The van der Waals surface area contributed by atoms with E-state index in [1.165, 1.54) is 0 Å². The van der Waals surface area contributed by atoms with Crippen LogP contribution in [0.3, 0.4) is 0 Å². The fraction of sp³-hybridized carbons (Fsp3) is 0.250. The molecule has 2 unspecified atom stereocenters. The van der Waals surface area contributed by atoms with Crippen LogP contribution in [0, 0.1) is 0 Å². The van der Waals surface area contributed by atoms with E-state index in [0.29, 0.717) is 18.6 Å². The maximum Gasteiger partial charge on any atom is 1.00 e. The molecule has 2 N–H and O–H groups in total. The summed E-state index contributed by atoms with van der Waals surface area (Å²) in [6.45, 7) is 0. The SMILES string of the molecule is O=[P+](O)OC(CCCc1ccc(Oc2ccccc2)cc1)S(=O)(=O)O.[H-].[K+]. The van der Waals surface area contributed by atoms with Gasteiger partial charge in [-0.05, 0) is 49.1 Å². The number of hydrogen-bond acceptors (Lipinski definition) is 5. The molecule has 0 radical (unpaired) electrons. The van der Waals surface area contributed by atoms with Gasteiger partial charge >= 0.3 is 59.6 Å². The molecule has 0 fully saturated rings. The second-order valence-corrected chi connectivity index (χ2v) is 7.48. The molecule has 10 heteroatoms. The van der Waals surface area contributed by atoms with Crippen molar-refractivity contribution in [2.24, 2.45) is 0 Å². The molecule has 2 aromatic rings. The first-order valence-electron chi connectivity index (χ1n) is 7.45. The molecule has 7 nitrogen and oxygen atoms in total. The third-order valence-electron chi connectivity index (χ3n) is 3.35. The van der Waals surface area contributed by atoms with Crippen LogP contribution in [0.1, 0.15) is 19.8 Å². The Morgan fingerprint density at radius 1 is 1.04 bits per heavy atom. The second-order valence-electron chi connectivity index (χ2n) is 5.24. The van der Waals surface area contributed by atoms with Gasteiger partial charge in [0.25, 0.3) is 10.1 Å². The van der Waals surface area contributed by atoms with Crippen molar-refractivity contribution in [1.82, 2.24) is 0 Å². The Kier molecular flexibility index (Phi) is 10.6. The van der Waals surface area contributed by atoms with Gasteiger partial charge in [0, 0.05) is 4.57 Å². The van der Waals surface area contributed by atoms with E-state index in [4.69, 9.17) is 14.2 Å². The first kappa shape index (κ1) is 23.8. The average molecular weight is 425 g/mol. The summed E-state index contributed by atoms with van der Waals surface area (Å²) in [7, 11) is -7.65. The van der Waals surface area contributed by atoms with Gasteiger partial charge in [0.05, 0.1) is 0 Å². The van der Waals surface area contributed by atoms with E-state index < -0.39 is 23.8 Å². The van der Waals surface area contributed by atoms with Crippen molar-refractivity contribution in [3.05, 3.63) is 60.2 Å². The molecule has 0 bridgehead atoms. The maximum absolute atomic E-state index is 11.1. The Balaban J connectivity index is 0.00000338. The van der Waals surface area contributed by atoms with Crippen molar-refractivity contribution in [3.8, 4) is 11.5 Å². The Bertz CT molecular complexity index is 803. The fourth-order valence-electron chi connectivity index (χ4n) is 2.18. The summed E-state index contributed by atoms with van der Waals surface area (Å²) in [5.41, 5.74) is -0.773. The Labute approximate surface area is 197 Å². The first-order chi connectivity index (χ1) is 11.8. The number of rotatable bonds is 9. The van der Waals surface area contributed by atoms with E-state index in [1.807, 2.05) is 42.5 Å². The van der Waals surface area contributed by atoms with Crippen LogP contribution in [0.5, 0.6) is 11.5 Å². The topological polar surface area (TPSA) is 110 Å². The van der Waals surface area contributed by atoms with Crippen molar-refractivity contribution in [2.45, 2.75) is 24.7 Å². The smallest absolute Gasteiger partial charge is 1.00 e. The van der Waals surface area contributed by atoms with Crippen LogP contribution in [-0.2, 0) is 25.6 Å². The normalized spacial score (nSPS) is 12.8. The van der Waals surface area contributed by atoms with Gasteiger partial charge in [-0.25, -0.2) is 0 Å². The van der Waals surface area contributed by atoms with Gasteiger partial charge in [0.1, 0.15) is 11.5 Å². The fourth-order valence-corrected chi connectivity index (χ4v) is 3.61. The molecule has 2 aromatic carbocycles. The van der Waals surface area contributed by atoms with Crippen LogP contribution < -0.4 is 56.1 Å². The monoisotopic (exact) mass is 425 g/mol. The minimum Gasteiger partial charge on any atom is -1.00 e. The molecule has 2 rings (SSSR count). The Morgan fingerprint density at radius 2 is 1.62 bits per heavy atom. The standard InChI is InChI=1S/C16H17O7PS.K.H/c17-24(18)23-16(25(19,20)21)8-4-5-13-9-11-15(12-10-13)22-14-6-2-1-3-7-14;;/h1-3,6-7,9-12,16H,4-5,8H2,(H-,17,18,19,20,21);;/q;+1;-1/p+1. The summed E-state index contributed by atoms with van der Waals surface area (Å²) in [4.78, 5) is 8.65. The molecule has 0 heterocycles. The van der Waals surface area contributed by atoms with Gasteiger partial charge < -0.3 is 6.16 Å². The minimum atomic E-state index is -4.54. The van der Waals surface area contributed by atoms with Crippen molar-refractivity contribution < 1.29 is 84.5 Å². The van der Waals surface area contributed by atoms with Crippen LogP contribution in [0.4, 0.5) is 0 Å². The van der Waals surface area contributed by atoms with Crippen molar-refractivity contribution in [3.63, 3.8) is 0 Å². The Hall–Kier alpha value is -0.194. The molecule has 0 saturated carbocycles. The summed E-state index contributed by atoms with van der Waals surface area (Å²) in [5, 5.41) is 0. The van der Waals surface area contributed by atoms with E-state index in [-0.39, 0.29) is 59.2 Å². The molecule has 26 heavy (non-hydrogen) atoms. The van der Waals surface area contributed by atoms with Crippen molar-refractivity contribution in [1.29, 1.82) is 0 Å². The zero-order chi connectivity index (χ0) is 18.3. The third kappa shape index (κ3) is 8.66. The second kappa shape index (κ2) is 11.6. The molecule has 0 saturated heterocycles. The Morgan fingerprint density at radius 3 is 2.15 bits per heavy atom. The summed E-state index contributed by atoms with van der Waals surface area (Å²) >= 11 is 0. The van der Waals surface area contributed by atoms with E-state index in [2.05, 4.69) is 4.52 Å². The first-order valence-corrected chi connectivity index (χ1v) is 10.1. The van der Waals surface area contributed by atoms with Gasteiger partial charge in [0.15, 0.2) is 0 Å². The van der Waals surface area contributed by atoms with E-state index in [9.17, 15) is 13.0 Å².